The van der Waals surface area contributed by atoms with Gasteiger partial charge >= 0.3 is 5.97 Å². The first-order valence-electron chi connectivity index (χ1n) is 4.26. The number of phenols is 1. The van der Waals surface area contributed by atoms with Crippen LogP contribution in [-0.2, 0) is 9.54 Å². The molecule has 0 spiro atoms. The summed E-state index contributed by atoms with van der Waals surface area (Å²) in [7, 11) is 0. The standard InChI is InChI=1S/C10H12O3S/c1-2-10(14,9(12)13)7-3-5-8(11)6-4-7/h3-6,11,14H,2H2,1H3,(H,12,13). The van der Waals surface area contributed by atoms with Crippen LogP contribution in [0.1, 0.15) is 18.9 Å². The molecule has 76 valence electrons. The fraction of sp³-hybridized carbons (Fsp3) is 0.300. The van der Waals surface area contributed by atoms with Crippen LogP contribution in [0.4, 0.5) is 0 Å². The molecule has 1 aromatic rings. The van der Waals surface area contributed by atoms with Crippen molar-refractivity contribution in [2.75, 3.05) is 0 Å². The minimum absolute atomic E-state index is 0.117. The van der Waals surface area contributed by atoms with Crippen LogP contribution >= 0.6 is 12.6 Å². The molecule has 0 saturated carbocycles. The lowest BCUT2D eigenvalue weighted by atomic mass is 9.95. The summed E-state index contributed by atoms with van der Waals surface area (Å²) in [6.45, 7) is 1.76. The zero-order valence-electron chi connectivity index (χ0n) is 7.77. The first-order chi connectivity index (χ1) is 6.50. The second-order valence-corrected chi connectivity index (χ2v) is 3.83. The third-order valence-corrected chi connectivity index (χ3v) is 2.98. The molecule has 0 amide bonds. The van der Waals surface area contributed by atoms with Gasteiger partial charge in [-0.15, -0.1) is 0 Å². The molecule has 0 saturated heterocycles. The maximum Gasteiger partial charge on any atom is 0.324 e. The van der Waals surface area contributed by atoms with E-state index in [0.717, 1.165) is 0 Å². The number of hydrogen-bond acceptors (Lipinski definition) is 3. The minimum atomic E-state index is -1.17. The monoisotopic (exact) mass is 212 g/mol. The number of phenolic OH excluding ortho intramolecular Hbond substituents is 1. The van der Waals surface area contributed by atoms with Crippen LogP contribution < -0.4 is 0 Å². The van der Waals surface area contributed by atoms with E-state index in [4.69, 9.17) is 10.2 Å². The van der Waals surface area contributed by atoms with Crippen LogP contribution in [0, 0.1) is 0 Å². The molecule has 0 aromatic heterocycles. The lowest BCUT2D eigenvalue weighted by molar-refractivity contribution is -0.140. The van der Waals surface area contributed by atoms with E-state index in [-0.39, 0.29) is 5.75 Å². The van der Waals surface area contributed by atoms with Crippen LogP contribution in [0.5, 0.6) is 5.75 Å². The number of rotatable bonds is 3. The average Bonchev–Trinajstić information content (AvgIpc) is 2.17. The van der Waals surface area contributed by atoms with E-state index < -0.39 is 10.7 Å². The second-order valence-electron chi connectivity index (χ2n) is 3.07. The summed E-state index contributed by atoms with van der Waals surface area (Å²) in [6, 6.07) is 6.05. The van der Waals surface area contributed by atoms with Crippen LogP contribution in [0.15, 0.2) is 24.3 Å². The molecule has 0 heterocycles. The van der Waals surface area contributed by atoms with Gasteiger partial charge in [0.15, 0.2) is 0 Å². The Kier molecular flexibility index (Phi) is 3.06. The number of aromatic hydroxyl groups is 1. The molecule has 0 aliphatic heterocycles. The molecule has 14 heavy (non-hydrogen) atoms. The third-order valence-electron chi connectivity index (χ3n) is 2.21. The first-order valence-corrected chi connectivity index (χ1v) is 4.70. The van der Waals surface area contributed by atoms with Crippen LogP contribution in [-0.4, -0.2) is 16.2 Å². The van der Waals surface area contributed by atoms with Crippen molar-refractivity contribution in [3.05, 3.63) is 29.8 Å². The highest BCUT2D eigenvalue weighted by atomic mass is 32.1. The molecule has 0 aliphatic rings. The number of aliphatic carboxylic acids is 1. The summed E-state index contributed by atoms with van der Waals surface area (Å²) in [5, 5.41) is 18.1. The van der Waals surface area contributed by atoms with Crippen molar-refractivity contribution in [3.63, 3.8) is 0 Å². The van der Waals surface area contributed by atoms with Gasteiger partial charge in [-0.2, -0.15) is 12.6 Å². The Bertz CT molecular complexity index is 334. The van der Waals surface area contributed by atoms with Gasteiger partial charge in [0.05, 0.1) is 0 Å². The topological polar surface area (TPSA) is 57.5 Å². The highest BCUT2D eigenvalue weighted by Gasteiger charge is 2.34. The number of hydrogen-bond donors (Lipinski definition) is 3. The van der Waals surface area contributed by atoms with Gasteiger partial charge in [-0.1, -0.05) is 19.1 Å². The van der Waals surface area contributed by atoms with Gasteiger partial charge in [0.25, 0.3) is 0 Å². The summed E-state index contributed by atoms with van der Waals surface area (Å²) in [5.41, 5.74) is 0.577. The van der Waals surface area contributed by atoms with E-state index in [0.29, 0.717) is 12.0 Å². The van der Waals surface area contributed by atoms with E-state index in [9.17, 15) is 4.79 Å². The summed E-state index contributed by atoms with van der Waals surface area (Å²) in [4.78, 5) is 11.0. The summed E-state index contributed by atoms with van der Waals surface area (Å²) in [6.07, 6.45) is 0.385. The summed E-state index contributed by atoms with van der Waals surface area (Å²) < 4.78 is -1.17. The smallest absolute Gasteiger partial charge is 0.324 e. The molecule has 0 bridgehead atoms. The Hall–Kier alpha value is -1.16. The Labute approximate surface area is 87.8 Å². The van der Waals surface area contributed by atoms with Crippen LogP contribution in [0.3, 0.4) is 0 Å². The lowest BCUT2D eigenvalue weighted by Crippen LogP contribution is -2.28. The van der Waals surface area contributed by atoms with Crippen molar-refractivity contribution < 1.29 is 15.0 Å². The highest BCUT2D eigenvalue weighted by molar-refractivity contribution is 7.82. The summed E-state index contributed by atoms with van der Waals surface area (Å²) >= 11 is 4.16. The van der Waals surface area contributed by atoms with Crippen molar-refractivity contribution >= 4 is 18.6 Å². The summed E-state index contributed by atoms with van der Waals surface area (Å²) in [5.74, 6) is -0.861. The van der Waals surface area contributed by atoms with E-state index in [1.807, 2.05) is 0 Å². The SMILES string of the molecule is CCC(S)(C(=O)O)c1ccc(O)cc1. The second kappa shape index (κ2) is 3.92. The molecule has 1 rings (SSSR count). The average molecular weight is 212 g/mol. The molecule has 0 aliphatic carbocycles. The maximum atomic E-state index is 11.0. The van der Waals surface area contributed by atoms with E-state index in [1.165, 1.54) is 12.1 Å². The minimum Gasteiger partial charge on any atom is -0.508 e. The van der Waals surface area contributed by atoms with Crippen molar-refractivity contribution in [2.45, 2.75) is 18.1 Å². The quantitative estimate of drug-likeness (QED) is 0.672. The van der Waals surface area contributed by atoms with Gasteiger partial charge in [0, 0.05) is 0 Å². The Balaban J connectivity index is 3.13. The molecule has 3 nitrogen and oxygen atoms in total. The third kappa shape index (κ3) is 1.85. The fourth-order valence-corrected chi connectivity index (χ4v) is 1.37. The highest BCUT2D eigenvalue weighted by Crippen LogP contribution is 2.33. The number of thiol groups is 1. The van der Waals surface area contributed by atoms with Crippen molar-refractivity contribution in [2.24, 2.45) is 0 Å². The Morgan fingerprint density at radius 3 is 2.29 bits per heavy atom. The van der Waals surface area contributed by atoms with E-state index >= 15 is 0 Å². The van der Waals surface area contributed by atoms with Gasteiger partial charge < -0.3 is 10.2 Å². The lowest BCUT2D eigenvalue weighted by Gasteiger charge is -2.22. The van der Waals surface area contributed by atoms with Crippen LogP contribution in [0.2, 0.25) is 0 Å². The zero-order chi connectivity index (χ0) is 10.8. The molecular weight excluding hydrogens is 200 g/mol. The van der Waals surface area contributed by atoms with Gasteiger partial charge in [-0.25, -0.2) is 0 Å². The number of benzene rings is 1. The molecule has 0 fully saturated rings. The molecule has 2 N–H and O–H groups in total. The zero-order valence-corrected chi connectivity index (χ0v) is 8.66. The van der Waals surface area contributed by atoms with Gasteiger partial charge in [-0.05, 0) is 24.1 Å². The molecular formula is C10H12O3S. The van der Waals surface area contributed by atoms with Crippen molar-refractivity contribution in [1.82, 2.24) is 0 Å². The number of carboxylic acids is 1. The molecule has 1 atom stereocenters. The van der Waals surface area contributed by atoms with Crippen LogP contribution in [0.25, 0.3) is 0 Å². The Morgan fingerprint density at radius 2 is 1.93 bits per heavy atom. The molecule has 4 heteroatoms. The van der Waals surface area contributed by atoms with E-state index in [1.54, 1.807) is 19.1 Å². The molecule has 1 aromatic carbocycles. The fourth-order valence-electron chi connectivity index (χ4n) is 1.22. The van der Waals surface area contributed by atoms with E-state index in [2.05, 4.69) is 12.6 Å². The molecule has 0 radical (unpaired) electrons. The van der Waals surface area contributed by atoms with Crippen molar-refractivity contribution in [1.29, 1.82) is 0 Å². The van der Waals surface area contributed by atoms with Crippen molar-refractivity contribution in [3.8, 4) is 5.75 Å². The molecule has 1 unspecified atom stereocenters. The van der Waals surface area contributed by atoms with Gasteiger partial charge in [0.1, 0.15) is 10.5 Å². The predicted molar refractivity (Wildman–Crippen MR) is 56.7 cm³/mol. The predicted octanol–water partition coefficient (Wildman–Crippen LogP) is 2.01. The largest absolute Gasteiger partial charge is 0.508 e. The maximum absolute atomic E-state index is 11.0. The first kappa shape index (κ1) is 10.9. The number of carbonyl (C=O) groups is 1. The van der Waals surface area contributed by atoms with Gasteiger partial charge in [-0.3, -0.25) is 4.79 Å². The Morgan fingerprint density at radius 1 is 1.43 bits per heavy atom. The normalized spacial score (nSPS) is 14.7. The van der Waals surface area contributed by atoms with Gasteiger partial charge in [0.2, 0.25) is 0 Å². The number of carboxylic acid groups (broad SMARTS) is 1.